The lowest BCUT2D eigenvalue weighted by atomic mass is 10.2. The molecule has 0 spiro atoms. The standard InChI is InChI=1S/C14H20Cl2N2O2S/c1-3-8-17-9-11-12(15)6-7-13(14(11)16)21(19,20)18(2)10-4-5-10/h6-7,10,17H,3-5,8-9H2,1-2H3. The number of nitrogens with one attached hydrogen (secondary N) is 1. The molecule has 1 aliphatic carbocycles. The summed E-state index contributed by atoms with van der Waals surface area (Å²) in [5.41, 5.74) is 0.636. The molecule has 1 aliphatic rings. The molecule has 1 N–H and O–H groups in total. The molecule has 0 radical (unpaired) electrons. The highest BCUT2D eigenvalue weighted by atomic mass is 35.5. The number of benzene rings is 1. The lowest BCUT2D eigenvalue weighted by Gasteiger charge is -2.19. The lowest BCUT2D eigenvalue weighted by molar-refractivity contribution is 0.464. The Morgan fingerprint density at radius 2 is 2.00 bits per heavy atom. The molecule has 0 heterocycles. The summed E-state index contributed by atoms with van der Waals surface area (Å²) in [6.07, 6.45) is 2.80. The third-order valence-corrected chi connectivity index (χ3v) is 6.45. The zero-order chi connectivity index (χ0) is 15.6. The van der Waals surface area contributed by atoms with Crippen LogP contribution in [0.3, 0.4) is 0 Å². The Morgan fingerprint density at radius 1 is 1.33 bits per heavy atom. The minimum atomic E-state index is -3.56. The van der Waals surface area contributed by atoms with E-state index >= 15 is 0 Å². The molecule has 2 rings (SSSR count). The van der Waals surface area contributed by atoms with E-state index in [1.807, 2.05) is 0 Å². The molecule has 1 aromatic rings. The van der Waals surface area contributed by atoms with Gasteiger partial charge in [0, 0.05) is 30.2 Å². The molecule has 21 heavy (non-hydrogen) atoms. The van der Waals surface area contributed by atoms with Crippen LogP contribution in [0.5, 0.6) is 0 Å². The molecular weight excluding hydrogens is 331 g/mol. The highest BCUT2D eigenvalue weighted by Crippen LogP contribution is 2.36. The zero-order valence-electron chi connectivity index (χ0n) is 12.2. The summed E-state index contributed by atoms with van der Waals surface area (Å²) in [7, 11) is -1.96. The first kappa shape index (κ1) is 17.0. The second-order valence-corrected chi connectivity index (χ2v) is 8.02. The molecule has 0 amide bonds. The Kier molecular flexibility index (Phi) is 5.54. The SMILES string of the molecule is CCCNCc1c(Cl)ccc(S(=O)(=O)N(C)C2CC2)c1Cl. The van der Waals surface area contributed by atoms with Gasteiger partial charge in [-0.25, -0.2) is 8.42 Å². The van der Waals surface area contributed by atoms with Crippen molar-refractivity contribution in [3.63, 3.8) is 0 Å². The van der Waals surface area contributed by atoms with Crippen LogP contribution in [0.15, 0.2) is 17.0 Å². The number of halogens is 2. The molecule has 1 fully saturated rings. The smallest absolute Gasteiger partial charge is 0.244 e. The van der Waals surface area contributed by atoms with E-state index in [0.717, 1.165) is 25.8 Å². The van der Waals surface area contributed by atoms with Crippen molar-refractivity contribution in [3.05, 3.63) is 27.7 Å². The second-order valence-electron chi connectivity index (χ2n) is 5.27. The Morgan fingerprint density at radius 3 is 2.57 bits per heavy atom. The number of hydrogen-bond acceptors (Lipinski definition) is 3. The molecule has 0 saturated heterocycles. The molecule has 7 heteroatoms. The van der Waals surface area contributed by atoms with Crippen molar-refractivity contribution in [1.82, 2.24) is 9.62 Å². The fraction of sp³-hybridized carbons (Fsp3) is 0.571. The maximum atomic E-state index is 12.6. The molecule has 1 saturated carbocycles. The third kappa shape index (κ3) is 3.71. The van der Waals surface area contributed by atoms with E-state index in [0.29, 0.717) is 17.1 Å². The van der Waals surface area contributed by atoms with Crippen LogP contribution in [0.2, 0.25) is 10.0 Å². The fourth-order valence-electron chi connectivity index (χ4n) is 2.12. The van der Waals surface area contributed by atoms with Gasteiger partial charge in [-0.1, -0.05) is 30.1 Å². The van der Waals surface area contributed by atoms with Gasteiger partial charge < -0.3 is 5.32 Å². The van der Waals surface area contributed by atoms with Crippen LogP contribution in [0.4, 0.5) is 0 Å². The van der Waals surface area contributed by atoms with Gasteiger partial charge >= 0.3 is 0 Å². The molecule has 0 aromatic heterocycles. The van der Waals surface area contributed by atoms with Crippen LogP contribution in [0.25, 0.3) is 0 Å². The predicted octanol–water partition coefficient (Wildman–Crippen LogP) is 3.28. The largest absolute Gasteiger partial charge is 0.313 e. The Bertz CT molecular complexity index is 616. The predicted molar refractivity (Wildman–Crippen MR) is 86.4 cm³/mol. The number of hydrogen-bond donors (Lipinski definition) is 1. The summed E-state index contributed by atoms with van der Waals surface area (Å²) < 4.78 is 26.6. The van der Waals surface area contributed by atoms with Gasteiger partial charge in [-0.15, -0.1) is 0 Å². The van der Waals surface area contributed by atoms with E-state index in [4.69, 9.17) is 23.2 Å². The van der Waals surface area contributed by atoms with Gasteiger partial charge in [0.1, 0.15) is 4.90 Å². The second kappa shape index (κ2) is 6.84. The molecule has 0 bridgehead atoms. The average molecular weight is 351 g/mol. The summed E-state index contributed by atoms with van der Waals surface area (Å²) in [6, 6.07) is 3.19. The topological polar surface area (TPSA) is 49.4 Å². The summed E-state index contributed by atoms with van der Waals surface area (Å²) in [5.74, 6) is 0. The van der Waals surface area contributed by atoms with Crippen LogP contribution in [-0.4, -0.2) is 32.4 Å². The van der Waals surface area contributed by atoms with E-state index in [9.17, 15) is 8.42 Å². The lowest BCUT2D eigenvalue weighted by Crippen LogP contribution is -2.29. The van der Waals surface area contributed by atoms with Crippen LogP contribution < -0.4 is 5.32 Å². The van der Waals surface area contributed by atoms with Crippen LogP contribution >= 0.6 is 23.2 Å². The van der Waals surface area contributed by atoms with Crippen molar-refractivity contribution in [2.45, 2.75) is 43.7 Å². The summed E-state index contributed by atoms with van der Waals surface area (Å²) >= 11 is 12.5. The van der Waals surface area contributed by atoms with Crippen molar-refractivity contribution in [3.8, 4) is 0 Å². The third-order valence-electron chi connectivity index (χ3n) is 3.60. The van der Waals surface area contributed by atoms with Crippen molar-refractivity contribution < 1.29 is 8.42 Å². The normalized spacial score (nSPS) is 15.7. The molecule has 0 aliphatic heterocycles. The van der Waals surface area contributed by atoms with Gasteiger partial charge in [0.05, 0.1) is 5.02 Å². The first-order valence-electron chi connectivity index (χ1n) is 7.05. The summed E-state index contributed by atoms with van der Waals surface area (Å²) in [4.78, 5) is 0.135. The quantitative estimate of drug-likeness (QED) is 0.767. The first-order chi connectivity index (χ1) is 9.89. The molecule has 0 unspecified atom stereocenters. The zero-order valence-corrected chi connectivity index (χ0v) is 14.5. The van der Waals surface area contributed by atoms with E-state index in [1.54, 1.807) is 13.1 Å². The van der Waals surface area contributed by atoms with Gasteiger partial charge in [-0.05, 0) is 37.9 Å². The molecule has 1 aromatic carbocycles. The molecular formula is C14H20Cl2N2O2S. The highest BCUT2D eigenvalue weighted by Gasteiger charge is 2.36. The van der Waals surface area contributed by atoms with Gasteiger partial charge in [0.15, 0.2) is 0 Å². The molecule has 118 valence electrons. The Balaban J connectivity index is 2.34. The molecule has 4 nitrogen and oxygen atoms in total. The van der Waals surface area contributed by atoms with Crippen LogP contribution in [0, 0.1) is 0 Å². The minimum absolute atomic E-state index is 0.100. The van der Waals surface area contributed by atoms with Crippen molar-refractivity contribution >= 4 is 33.2 Å². The minimum Gasteiger partial charge on any atom is -0.313 e. The summed E-state index contributed by atoms with van der Waals surface area (Å²) in [5, 5.41) is 3.90. The number of nitrogens with zero attached hydrogens (tertiary/aromatic N) is 1. The maximum absolute atomic E-state index is 12.6. The Hall–Kier alpha value is -0.330. The monoisotopic (exact) mass is 350 g/mol. The van der Waals surface area contributed by atoms with Crippen molar-refractivity contribution in [2.75, 3.05) is 13.6 Å². The van der Waals surface area contributed by atoms with E-state index < -0.39 is 10.0 Å². The molecule has 0 atom stereocenters. The first-order valence-corrected chi connectivity index (χ1v) is 9.24. The van der Waals surface area contributed by atoms with Crippen LogP contribution in [-0.2, 0) is 16.6 Å². The number of sulfonamides is 1. The van der Waals surface area contributed by atoms with E-state index in [-0.39, 0.29) is 16.0 Å². The highest BCUT2D eigenvalue weighted by molar-refractivity contribution is 7.89. The maximum Gasteiger partial charge on any atom is 0.244 e. The van der Waals surface area contributed by atoms with Crippen molar-refractivity contribution in [1.29, 1.82) is 0 Å². The van der Waals surface area contributed by atoms with Gasteiger partial charge in [0.25, 0.3) is 0 Å². The fourth-order valence-corrected chi connectivity index (χ4v) is 4.42. The van der Waals surface area contributed by atoms with E-state index in [2.05, 4.69) is 12.2 Å². The Labute approximate surface area is 136 Å². The van der Waals surface area contributed by atoms with Gasteiger partial charge in [0.2, 0.25) is 10.0 Å². The van der Waals surface area contributed by atoms with Gasteiger partial charge in [-0.2, -0.15) is 4.31 Å². The van der Waals surface area contributed by atoms with Gasteiger partial charge in [-0.3, -0.25) is 0 Å². The average Bonchev–Trinajstić information content (AvgIpc) is 3.25. The van der Waals surface area contributed by atoms with Crippen molar-refractivity contribution in [2.24, 2.45) is 0 Å². The number of rotatable bonds is 7. The summed E-state index contributed by atoms with van der Waals surface area (Å²) in [6.45, 7) is 3.34. The van der Waals surface area contributed by atoms with E-state index in [1.165, 1.54) is 10.4 Å². The van der Waals surface area contributed by atoms with Crippen LogP contribution in [0.1, 0.15) is 31.7 Å².